The lowest BCUT2D eigenvalue weighted by Gasteiger charge is -2.17. The maximum atomic E-state index is 12.4. The normalized spacial score (nSPS) is 12.0. The summed E-state index contributed by atoms with van der Waals surface area (Å²) in [6.45, 7) is 6.55. The zero-order valence-electron chi connectivity index (χ0n) is 35.3. The molecule has 4 nitrogen and oxygen atoms in total. The predicted molar refractivity (Wildman–Crippen MR) is 224 cm³/mol. The lowest BCUT2D eigenvalue weighted by Crippen LogP contribution is -2.37. The summed E-state index contributed by atoms with van der Waals surface area (Å²) in [7, 11) is 0. The second-order valence-electron chi connectivity index (χ2n) is 16.2. The van der Waals surface area contributed by atoms with Gasteiger partial charge in [0.05, 0.1) is 0 Å². The van der Waals surface area contributed by atoms with E-state index in [0.717, 1.165) is 25.7 Å². The molecule has 0 aromatic carbocycles. The Morgan fingerprint density at radius 3 is 0.843 bits per heavy atom. The Kier molecular flexibility index (Phi) is 42.4. The molecule has 0 radical (unpaired) electrons. The van der Waals surface area contributed by atoms with E-state index < -0.39 is 6.23 Å². The topological polar surface area (TPSA) is 55.4 Å². The zero-order valence-corrected chi connectivity index (χ0v) is 35.3. The molecule has 0 aliphatic rings. The summed E-state index contributed by atoms with van der Waals surface area (Å²) in [6, 6.07) is 0. The number of hydrogen-bond donors (Lipinski definition) is 1. The highest BCUT2D eigenvalue weighted by molar-refractivity contribution is 5.76. The minimum absolute atomic E-state index is 0.0186. The van der Waals surface area contributed by atoms with E-state index >= 15 is 0 Å². The van der Waals surface area contributed by atoms with E-state index in [4.69, 9.17) is 4.74 Å². The van der Waals surface area contributed by atoms with Crippen LogP contribution in [0.15, 0.2) is 0 Å². The molecule has 0 saturated heterocycles. The van der Waals surface area contributed by atoms with Crippen LogP contribution in [-0.4, -0.2) is 18.1 Å². The van der Waals surface area contributed by atoms with Gasteiger partial charge < -0.3 is 10.1 Å². The van der Waals surface area contributed by atoms with Gasteiger partial charge in [-0.1, -0.05) is 252 Å². The molecule has 0 spiro atoms. The average Bonchev–Trinajstić information content (AvgIpc) is 3.13. The fourth-order valence-corrected chi connectivity index (χ4v) is 7.40. The van der Waals surface area contributed by atoms with E-state index in [9.17, 15) is 9.59 Å². The molecule has 0 bridgehead atoms. The minimum atomic E-state index is -0.481. The Morgan fingerprint density at radius 2 is 0.588 bits per heavy atom. The molecule has 51 heavy (non-hydrogen) atoms. The van der Waals surface area contributed by atoms with Crippen molar-refractivity contribution in [3.05, 3.63) is 0 Å². The summed E-state index contributed by atoms with van der Waals surface area (Å²) in [4.78, 5) is 24.8. The second-order valence-corrected chi connectivity index (χ2v) is 16.2. The summed E-state index contributed by atoms with van der Waals surface area (Å²) >= 11 is 0. The first-order chi connectivity index (χ1) is 25.1. The molecule has 0 saturated carbocycles. The molecule has 0 rings (SSSR count). The molecule has 0 aromatic heterocycles. The van der Waals surface area contributed by atoms with E-state index in [2.05, 4.69) is 19.2 Å². The summed E-state index contributed by atoms with van der Waals surface area (Å²) in [5.41, 5.74) is 0. The monoisotopic (exact) mass is 720 g/mol. The maximum Gasteiger partial charge on any atom is 0.307 e. The highest BCUT2D eigenvalue weighted by Gasteiger charge is 2.15. The number of nitrogens with one attached hydrogen (secondary N) is 1. The largest absolute Gasteiger partial charge is 0.442 e. The number of carbonyl (C=O) groups is 2. The number of amides is 1. The SMILES string of the molecule is CCCCCCCCCCCCCCCCCCCCCC(=O)N[C@H](CC)OC(=O)CCCCCCCCCCCCCCCCCCCCC. The van der Waals surface area contributed by atoms with Gasteiger partial charge in [0.1, 0.15) is 0 Å². The highest BCUT2D eigenvalue weighted by Crippen LogP contribution is 2.17. The summed E-state index contributed by atoms with van der Waals surface area (Å²) in [6.07, 6.45) is 52.5. The number of hydrogen-bond acceptors (Lipinski definition) is 3. The lowest BCUT2D eigenvalue weighted by molar-refractivity contribution is -0.152. The van der Waals surface area contributed by atoms with Crippen LogP contribution in [0.5, 0.6) is 0 Å². The molecule has 4 heteroatoms. The van der Waals surface area contributed by atoms with Crippen LogP contribution in [-0.2, 0) is 14.3 Å². The van der Waals surface area contributed by atoms with Gasteiger partial charge in [0.2, 0.25) is 5.91 Å². The Morgan fingerprint density at radius 1 is 0.353 bits per heavy atom. The Bertz CT molecular complexity index is 639. The lowest BCUT2D eigenvalue weighted by atomic mass is 10.0. The van der Waals surface area contributed by atoms with Crippen molar-refractivity contribution >= 4 is 11.9 Å². The van der Waals surface area contributed by atoms with Crippen molar-refractivity contribution in [1.29, 1.82) is 0 Å². The van der Waals surface area contributed by atoms with Crippen molar-refractivity contribution in [2.45, 2.75) is 290 Å². The van der Waals surface area contributed by atoms with Crippen molar-refractivity contribution in [2.24, 2.45) is 0 Å². The van der Waals surface area contributed by atoms with Gasteiger partial charge in [-0.3, -0.25) is 9.59 Å². The molecule has 0 unspecified atom stereocenters. The Balaban J connectivity index is 3.45. The van der Waals surface area contributed by atoms with Gasteiger partial charge in [-0.15, -0.1) is 0 Å². The van der Waals surface area contributed by atoms with Gasteiger partial charge in [0.25, 0.3) is 0 Å². The van der Waals surface area contributed by atoms with Crippen LogP contribution in [0.3, 0.4) is 0 Å². The summed E-state index contributed by atoms with van der Waals surface area (Å²) < 4.78 is 5.58. The molecular weight excluding hydrogens is 627 g/mol. The Labute approximate surface area is 321 Å². The first-order valence-electron chi connectivity index (χ1n) is 23.6. The first kappa shape index (κ1) is 49.9. The third-order valence-electron chi connectivity index (χ3n) is 11.0. The molecule has 0 aromatic rings. The number of ether oxygens (including phenoxy) is 1. The number of esters is 1. The third kappa shape index (κ3) is 41.6. The van der Waals surface area contributed by atoms with Crippen LogP contribution in [0.2, 0.25) is 0 Å². The fraction of sp³-hybridized carbons (Fsp3) is 0.957. The van der Waals surface area contributed by atoms with E-state index in [1.165, 1.54) is 218 Å². The van der Waals surface area contributed by atoms with Crippen LogP contribution in [0.1, 0.15) is 284 Å². The molecule has 1 N–H and O–H groups in total. The summed E-state index contributed by atoms with van der Waals surface area (Å²) in [5, 5.41) is 2.94. The molecule has 0 aliphatic heterocycles. The molecule has 1 amide bonds. The Hall–Kier alpha value is -1.06. The van der Waals surface area contributed by atoms with Crippen molar-refractivity contribution in [2.75, 3.05) is 0 Å². The van der Waals surface area contributed by atoms with Crippen molar-refractivity contribution in [1.82, 2.24) is 5.32 Å². The molecule has 304 valence electrons. The van der Waals surface area contributed by atoms with Gasteiger partial charge in [-0.05, 0) is 12.8 Å². The van der Waals surface area contributed by atoms with Crippen LogP contribution in [0, 0.1) is 0 Å². The molecule has 0 aliphatic carbocycles. The minimum Gasteiger partial charge on any atom is -0.442 e. The van der Waals surface area contributed by atoms with Gasteiger partial charge in [0.15, 0.2) is 6.23 Å². The highest BCUT2D eigenvalue weighted by atomic mass is 16.6. The van der Waals surface area contributed by atoms with Crippen molar-refractivity contribution in [3.63, 3.8) is 0 Å². The molecule has 1 atom stereocenters. The maximum absolute atomic E-state index is 12.4. The van der Waals surface area contributed by atoms with Crippen LogP contribution in [0.4, 0.5) is 0 Å². The van der Waals surface area contributed by atoms with Crippen molar-refractivity contribution in [3.8, 4) is 0 Å². The number of unbranched alkanes of at least 4 members (excludes halogenated alkanes) is 36. The fourth-order valence-electron chi connectivity index (χ4n) is 7.40. The summed E-state index contributed by atoms with van der Waals surface area (Å²) in [5.74, 6) is -0.150. The standard InChI is InChI=1S/C47H93NO3/c1-4-7-9-11-13-15-17-19-21-23-25-27-29-31-33-35-37-39-41-43-45(49)48-46(6-3)51-47(50)44-42-40-38-36-34-32-30-28-26-24-22-20-18-16-14-12-10-8-5-2/h46H,4-44H2,1-3H3,(H,48,49)/t46-/m0/s1. The first-order valence-corrected chi connectivity index (χ1v) is 23.6. The molecule has 0 fully saturated rings. The van der Waals surface area contributed by atoms with E-state index in [0.29, 0.717) is 19.3 Å². The van der Waals surface area contributed by atoms with E-state index in [1.807, 2.05) is 6.92 Å². The van der Waals surface area contributed by atoms with E-state index in [1.54, 1.807) is 0 Å². The van der Waals surface area contributed by atoms with Gasteiger partial charge in [-0.2, -0.15) is 0 Å². The second kappa shape index (κ2) is 43.3. The molecular formula is C47H93NO3. The molecule has 0 heterocycles. The van der Waals surface area contributed by atoms with Crippen LogP contribution < -0.4 is 5.32 Å². The van der Waals surface area contributed by atoms with Crippen LogP contribution >= 0.6 is 0 Å². The zero-order chi connectivity index (χ0) is 37.1. The quantitative estimate of drug-likeness (QED) is 0.0388. The van der Waals surface area contributed by atoms with Gasteiger partial charge in [-0.25, -0.2) is 0 Å². The predicted octanol–water partition coefficient (Wildman–Crippen LogP) is 16.0. The number of carbonyl (C=O) groups excluding carboxylic acids is 2. The van der Waals surface area contributed by atoms with Gasteiger partial charge >= 0.3 is 5.97 Å². The van der Waals surface area contributed by atoms with E-state index in [-0.39, 0.29) is 11.9 Å². The number of rotatable bonds is 43. The average molecular weight is 720 g/mol. The van der Waals surface area contributed by atoms with Gasteiger partial charge in [0, 0.05) is 19.3 Å². The van der Waals surface area contributed by atoms with Crippen molar-refractivity contribution < 1.29 is 14.3 Å². The van der Waals surface area contributed by atoms with Crippen LogP contribution in [0.25, 0.3) is 0 Å². The third-order valence-corrected chi connectivity index (χ3v) is 11.0. The smallest absolute Gasteiger partial charge is 0.307 e.